The molecule has 0 atom stereocenters. The number of carbonyl (C=O) groups excluding carboxylic acids is 2. The lowest BCUT2D eigenvalue weighted by Gasteiger charge is -2.10. The molecule has 1 aromatic heterocycles. The van der Waals surface area contributed by atoms with Crippen molar-refractivity contribution in [3.05, 3.63) is 83.7 Å². The number of esters is 1. The van der Waals surface area contributed by atoms with E-state index in [4.69, 9.17) is 9.47 Å². The largest absolute Gasteiger partial charge is 0.497 e. The van der Waals surface area contributed by atoms with Crippen LogP contribution in [0.1, 0.15) is 21.5 Å². The van der Waals surface area contributed by atoms with Gasteiger partial charge < -0.3 is 19.4 Å². The number of hydrogen-bond donors (Lipinski definition) is 1. The second-order valence-corrected chi connectivity index (χ2v) is 6.62. The maximum Gasteiger partial charge on any atom is 0.338 e. The number of ether oxygens (including phenoxy) is 2. The van der Waals surface area contributed by atoms with Gasteiger partial charge in [0.15, 0.2) is 6.61 Å². The van der Waals surface area contributed by atoms with Crippen molar-refractivity contribution in [3.63, 3.8) is 0 Å². The van der Waals surface area contributed by atoms with Gasteiger partial charge in [-0.3, -0.25) is 4.79 Å². The van der Waals surface area contributed by atoms with Crippen LogP contribution in [0.4, 0.5) is 0 Å². The Morgan fingerprint density at radius 2 is 1.76 bits per heavy atom. The minimum Gasteiger partial charge on any atom is -0.497 e. The van der Waals surface area contributed by atoms with E-state index in [2.05, 4.69) is 5.32 Å². The highest BCUT2D eigenvalue weighted by atomic mass is 16.5. The summed E-state index contributed by atoms with van der Waals surface area (Å²) < 4.78 is 12.2. The summed E-state index contributed by atoms with van der Waals surface area (Å²) >= 11 is 0. The summed E-state index contributed by atoms with van der Waals surface area (Å²) in [5.74, 6) is -0.0611. The van der Waals surface area contributed by atoms with E-state index in [0.717, 1.165) is 22.6 Å². The van der Waals surface area contributed by atoms with E-state index < -0.39 is 5.97 Å². The standard InChI is InChI=1S/C23H24N2O4/c1-17-5-8-19(15-21(17)25-13-3-4-14-25)23(27)29-16-22(26)24-12-11-18-6-9-20(28-2)10-7-18/h3-10,13-15H,11-12,16H2,1-2H3,(H,24,26). The van der Waals surface area contributed by atoms with Gasteiger partial charge in [-0.15, -0.1) is 0 Å². The summed E-state index contributed by atoms with van der Waals surface area (Å²) in [6.07, 6.45) is 4.50. The SMILES string of the molecule is COc1ccc(CCNC(=O)COC(=O)c2ccc(C)c(-n3cccc3)c2)cc1. The molecule has 0 fully saturated rings. The van der Waals surface area contributed by atoms with E-state index in [1.807, 2.05) is 66.3 Å². The van der Waals surface area contributed by atoms with E-state index in [-0.39, 0.29) is 12.5 Å². The van der Waals surface area contributed by atoms with Crippen LogP contribution in [0.15, 0.2) is 67.0 Å². The molecule has 1 N–H and O–H groups in total. The normalized spacial score (nSPS) is 10.4. The number of hydrogen-bond acceptors (Lipinski definition) is 4. The van der Waals surface area contributed by atoms with Gasteiger partial charge in [0.1, 0.15) is 5.75 Å². The van der Waals surface area contributed by atoms with Gasteiger partial charge in [-0.25, -0.2) is 4.79 Å². The molecule has 6 nitrogen and oxygen atoms in total. The van der Waals surface area contributed by atoms with Crippen LogP contribution in [-0.4, -0.2) is 36.7 Å². The van der Waals surface area contributed by atoms with Crippen molar-refractivity contribution in [3.8, 4) is 11.4 Å². The van der Waals surface area contributed by atoms with Crippen LogP contribution in [0.3, 0.4) is 0 Å². The third-order valence-corrected chi connectivity index (χ3v) is 4.56. The quantitative estimate of drug-likeness (QED) is 0.597. The molecule has 1 heterocycles. The molecule has 1 amide bonds. The van der Waals surface area contributed by atoms with Crippen molar-refractivity contribution in [2.75, 3.05) is 20.3 Å². The van der Waals surface area contributed by atoms with Gasteiger partial charge in [0.25, 0.3) is 5.91 Å². The zero-order chi connectivity index (χ0) is 20.6. The number of amides is 1. The highest BCUT2D eigenvalue weighted by Crippen LogP contribution is 2.17. The minimum absolute atomic E-state index is 0.311. The Kier molecular flexibility index (Phi) is 6.68. The van der Waals surface area contributed by atoms with Gasteiger partial charge in [-0.1, -0.05) is 18.2 Å². The molecule has 0 bridgehead atoms. The van der Waals surface area contributed by atoms with Crippen molar-refractivity contribution >= 4 is 11.9 Å². The first-order valence-corrected chi connectivity index (χ1v) is 9.37. The van der Waals surface area contributed by atoms with Crippen LogP contribution < -0.4 is 10.1 Å². The predicted octanol–water partition coefficient (Wildman–Crippen LogP) is 3.31. The topological polar surface area (TPSA) is 69.6 Å². The second kappa shape index (κ2) is 9.59. The number of methoxy groups -OCH3 is 1. The van der Waals surface area contributed by atoms with Crippen molar-refractivity contribution < 1.29 is 19.1 Å². The highest BCUT2D eigenvalue weighted by molar-refractivity contribution is 5.92. The summed E-state index contributed by atoms with van der Waals surface area (Å²) in [5.41, 5.74) is 3.42. The number of aryl methyl sites for hydroxylation is 1. The monoisotopic (exact) mass is 392 g/mol. The van der Waals surface area contributed by atoms with Gasteiger partial charge in [-0.2, -0.15) is 0 Å². The molecule has 0 radical (unpaired) electrons. The maximum atomic E-state index is 12.3. The predicted molar refractivity (Wildman–Crippen MR) is 110 cm³/mol. The molecular weight excluding hydrogens is 368 g/mol. The molecule has 0 aliphatic carbocycles. The van der Waals surface area contributed by atoms with Crippen LogP contribution in [0, 0.1) is 6.92 Å². The Morgan fingerprint density at radius 1 is 1.03 bits per heavy atom. The Balaban J connectivity index is 1.47. The molecule has 0 aliphatic rings. The zero-order valence-electron chi connectivity index (χ0n) is 16.6. The van der Waals surface area contributed by atoms with Crippen LogP contribution in [0.25, 0.3) is 5.69 Å². The fraction of sp³-hybridized carbons (Fsp3) is 0.217. The molecule has 6 heteroatoms. The average molecular weight is 392 g/mol. The van der Waals surface area contributed by atoms with Crippen molar-refractivity contribution in [1.82, 2.24) is 9.88 Å². The number of benzene rings is 2. The third kappa shape index (κ3) is 5.48. The van der Waals surface area contributed by atoms with Gasteiger partial charge in [0.2, 0.25) is 0 Å². The lowest BCUT2D eigenvalue weighted by atomic mass is 10.1. The van der Waals surface area contributed by atoms with Gasteiger partial charge in [0, 0.05) is 24.6 Å². The number of nitrogens with zero attached hydrogens (tertiary/aromatic N) is 1. The first-order chi connectivity index (χ1) is 14.1. The Morgan fingerprint density at radius 3 is 2.45 bits per heavy atom. The number of rotatable bonds is 8. The van der Waals surface area contributed by atoms with Crippen LogP contribution in [0.2, 0.25) is 0 Å². The maximum absolute atomic E-state index is 12.3. The lowest BCUT2D eigenvalue weighted by Crippen LogP contribution is -2.30. The molecule has 2 aromatic carbocycles. The first-order valence-electron chi connectivity index (χ1n) is 9.37. The lowest BCUT2D eigenvalue weighted by molar-refractivity contribution is -0.124. The van der Waals surface area contributed by atoms with Crippen LogP contribution in [-0.2, 0) is 16.0 Å². The fourth-order valence-corrected chi connectivity index (χ4v) is 2.91. The van der Waals surface area contributed by atoms with E-state index in [1.54, 1.807) is 19.2 Å². The summed E-state index contributed by atoms with van der Waals surface area (Å²) in [7, 11) is 1.62. The molecule has 0 saturated carbocycles. The molecule has 0 spiro atoms. The Hall–Kier alpha value is -3.54. The summed E-state index contributed by atoms with van der Waals surface area (Å²) in [5, 5.41) is 2.76. The summed E-state index contributed by atoms with van der Waals surface area (Å²) in [4.78, 5) is 24.3. The zero-order valence-corrected chi connectivity index (χ0v) is 16.6. The Bertz CT molecular complexity index is 963. The molecule has 3 rings (SSSR count). The molecule has 3 aromatic rings. The molecule has 0 aliphatic heterocycles. The number of carbonyl (C=O) groups is 2. The van der Waals surface area contributed by atoms with E-state index in [1.165, 1.54) is 0 Å². The van der Waals surface area contributed by atoms with Crippen molar-refractivity contribution in [2.45, 2.75) is 13.3 Å². The van der Waals surface area contributed by atoms with Gasteiger partial charge >= 0.3 is 5.97 Å². The van der Waals surface area contributed by atoms with E-state index >= 15 is 0 Å². The summed E-state index contributed by atoms with van der Waals surface area (Å²) in [6.45, 7) is 2.12. The van der Waals surface area contributed by atoms with Crippen LogP contribution >= 0.6 is 0 Å². The van der Waals surface area contributed by atoms with Crippen molar-refractivity contribution in [1.29, 1.82) is 0 Å². The fourth-order valence-electron chi connectivity index (χ4n) is 2.91. The minimum atomic E-state index is -0.524. The number of nitrogens with one attached hydrogen (secondary N) is 1. The molecule has 0 saturated heterocycles. The van der Waals surface area contributed by atoms with Crippen LogP contribution in [0.5, 0.6) is 5.75 Å². The second-order valence-electron chi connectivity index (χ2n) is 6.62. The van der Waals surface area contributed by atoms with E-state index in [0.29, 0.717) is 18.5 Å². The average Bonchev–Trinajstić information content (AvgIpc) is 3.27. The Labute approximate surface area is 170 Å². The highest BCUT2D eigenvalue weighted by Gasteiger charge is 2.12. The van der Waals surface area contributed by atoms with Gasteiger partial charge in [-0.05, 0) is 60.9 Å². The molecule has 150 valence electrons. The van der Waals surface area contributed by atoms with Crippen molar-refractivity contribution in [2.24, 2.45) is 0 Å². The number of aromatic nitrogens is 1. The first kappa shape index (κ1) is 20.2. The summed E-state index contributed by atoms with van der Waals surface area (Å²) in [6, 6.07) is 16.8. The molecule has 0 unspecified atom stereocenters. The molecular formula is C23H24N2O4. The smallest absolute Gasteiger partial charge is 0.338 e. The van der Waals surface area contributed by atoms with Gasteiger partial charge in [0.05, 0.1) is 12.7 Å². The van der Waals surface area contributed by atoms with E-state index in [9.17, 15) is 9.59 Å². The molecule has 29 heavy (non-hydrogen) atoms. The third-order valence-electron chi connectivity index (χ3n) is 4.56.